The molecule has 4 heteroatoms. The summed E-state index contributed by atoms with van der Waals surface area (Å²) in [6.45, 7) is 1.99. The van der Waals surface area contributed by atoms with Crippen LogP contribution in [0.5, 0.6) is 5.75 Å². The summed E-state index contributed by atoms with van der Waals surface area (Å²) in [4.78, 5) is 10.6. The van der Waals surface area contributed by atoms with Crippen LogP contribution in [0.3, 0.4) is 0 Å². The first-order valence-corrected chi connectivity index (χ1v) is 5.23. The number of aliphatic carboxylic acids is 1. The minimum atomic E-state index is -0.891. The molecule has 0 fully saturated rings. The number of carboxylic acid groups (broad SMARTS) is 1. The Balaban J connectivity index is 3.07. The van der Waals surface area contributed by atoms with Crippen molar-refractivity contribution in [2.75, 3.05) is 7.11 Å². The Hall–Kier alpha value is -1.55. The van der Waals surface area contributed by atoms with Gasteiger partial charge in [0.2, 0.25) is 0 Å². The molecule has 88 valence electrons. The molecule has 1 aromatic carbocycles. The van der Waals surface area contributed by atoms with Crippen molar-refractivity contribution in [3.8, 4) is 5.75 Å². The molecule has 0 spiro atoms. The Morgan fingerprint density at radius 3 is 2.75 bits per heavy atom. The van der Waals surface area contributed by atoms with Crippen LogP contribution >= 0.6 is 0 Å². The highest BCUT2D eigenvalue weighted by Gasteiger charge is 2.16. The summed E-state index contributed by atoms with van der Waals surface area (Å²) in [7, 11) is 1.60. The van der Waals surface area contributed by atoms with Gasteiger partial charge in [-0.2, -0.15) is 0 Å². The third-order valence-electron chi connectivity index (χ3n) is 2.54. The summed E-state index contributed by atoms with van der Waals surface area (Å²) in [6, 6.07) is 5.06. The molecule has 3 N–H and O–H groups in total. The highest BCUT2D eigenvalue weighted by atomic mass is 16.5. The Morgan fingerprint density at radius 2 is 2.25 bits per heavy atom. The van der Waals surface area contributed by atoms with Gasteiger partial charge in [-0.05, 0) is 23.6 Å². The third-order valence-corrected chi connectivity index (χ3v) is 2.54. The van der Waals surface area contributed by atoms with E-state index in [0.717, 1.165) is 23.3 Å². The van der Waals surface area contributed by atoms with Crippen LogP contribution in [0.25, 0.3) is 0 Å². The second-order valence-corrected chi connectivity index (χ2v) is 3.59. The fourth-order valence-electron chi connectivity index (χ4n) is 1.80. The molecule has 1 unspecified atom stereocenters. The molecule has 1 atom stereocenters. The largest absolute Gasteiger partial charge is 0.496 e. The van der Waals surface area contributed by atoms with Crippen molar-refractivity contribution >= 4 is 5.97 Å². The van der Waals surface area contributed by atoms with E-state index in [1.165, 1.54) is 0 Å². The molecule has 0 bridgehead atoms. The molecule has 0 radical (unpaired) electrons. The first-order chi connectivity index (χ1) is 7.60. The summed E-state index contributed by atoms with van der Waals surface area (Å²) in [5.41, 5.74) is 7.70. The first-order valence-electron chi connectivity index (χ1n) is 5.23. The zero-order chi connectivity index (χ0) is 12.1. The van der Waals surface area contributed by atoms with Gasteiger partial charge in [0, 0.05) is 6.04 Å². The van der Waals surface area contributed by atoms with Gasteiger partial charge < -0.3 is 15.6 Å². The van der Waals surface area contributed by atoms with Crippen molar-refractivity contribution in [1.29, 1.82) is 0 Å². The first kappa shape index (κ1) is 12.5. The van der Waals surface area contributed by atoms with Crippen LogP contribution in [0.2, 0.25) is 0 Å². The standard InChI is InChI=1S/C12H17NO3/c1-3-8-9(10(13)7-12(14)15)5-4-6-11(8)16-2/h4-6,10H,3,7,13H2,1-2H3,(H,14,15). The van der Waals surface area contributed by atoms with Gasteiger partial charge in [-0.25, -0.2) is 0 Å². The minimum absolute atomic E-state index is 0.0693. The number of hydrogen-bond donors (Lipinski definition) is 2. The van der Waals surface area contributed by atoms with E-state index in [2.05, 4.69) is 0 Å². The smallest absolute Gasteiger partial charge is 0.305 e. The van der Waals surface area contributed by atoms with Crippen LogP contribution in [0, 0.1) is 0 Å². The number of nitrogens with two attached hydrogens (primary N) is 1. The predicted molar refractivity (Wildman–Crippen MR) is 61.6 cm³/mol. The maximum atomic E-state index is 10.6. The maximum Gasteiger partial charge on any atom is 0.305 e. The van der Waals surface area contributed by atoms with Gasteiger partial charge in [0.25, 0.3) is 0 Å². The van der Waals surface area contributed by atoms with Gasteiger partial charge in [0.05, 0.1) is 13.5 Å². The van der Waals surface area contributed by atoms with Crippen LogP contribution in [0.4, 0.5) is 0 Å². The average molecular weight is 223 g/mol. The number of rotatable bonds is 5. The SMILES string of the molecule is CCc1c(OC)cccc1C(N)CC(=O)O. The number of methoxy groups -OCH3 is 1. The van der Waals surface area contributed by atoms with E-state index in [1.807, 2.05) is 25.1 Å². The third kappa shape index (κ3) is 2.73. The van der Waals surface area contributed by atoms with Gasteiger partial charge in [-0.1, -0.05) is 19.1 Å². The molecule has 4 nitrogen and oxygen atoms in total. The van der Waals surface area contributed by atoms with Crippen LogP contribution < -0.4 is 10.5 Å². The summed E-state index contributed by atoms with van der Waals surface area (Å²) in [6.07, 6.45) is 0.701. The van der Waals surface area contributed by atoms with Gasteiger partial charge in [0.1, 0.15) is 5.75 Å². The Morgan fingerprint density at radius 1 is 1.56 bits per heavy atom. The summed E-state index contributed by atoms with van der Waals surface area (Å²) >= 11 is 0. The second kappa shape index (κ2) is 5.51. The zero-order valence-corrected chi connectivity index (χ0v) is 9.56. The molecule has 1 rings (SSSR count). The van der Waals surface area contributed by atoms with Gasteiger partial charge in [-0.15, -0.1) is 0 Å². The lowest BCUT2D eigenvalue weighted by Gasteiger charge is -2.16. The quantitative estimate of drug-likeness (QED) is 0.797. The molecule has 0 aliphatic carbocycles. The molecule has 0 aliphatic heterocycles. The minimum Gasteiger partial charge on any atom is -0.496 e. The molecular formula is C12H17NO3. The van der Waals surface area contributed by atoms with Crippen molar-refractivity contribution in [2.24, 2.45) is 5.73 Å². The van der Waals surface area contributed by atoms with Crippen molar-refractivity contribution < 1.29 is 14.6 Å². The Labute approximate surface area is 95.0 Å². The van der Waals surface area contributed by atoms with Crippen LogP contribution in [0.15, 0.2) is 18.2 Å². The van der Waals surface area contributed by atoms with E-state index in [0.29, 0.717) is 0 Å². The molecule has 0 amide bonds. The lowest BCUT2D eigenvalue weighted by molar-refractivity contribution is -0.137. The zero-order valence-electron chi connectivity index (χ0n) is 9.56. The van der Waals surface area contributed by atoms with Crippen molar-refractivity contribution in [2.45, 2.75) is 25.8 Å². The topological polar surface area (TPSA) is 72.5 Å². The van der Waals surface area contributed by atoms with E-state index >= 15 is 0 Å². The summed E-state index contributed by atoms with van der Waals surface area (Å²) < 4.78 is 5.23. The van der Waals surface area contributed by atoms with E-state index < -0.39 is 12.0 Å². The second-order valence-electron chi connectivity index (χ2n) is 3.59. The van der Waals surface area contributed by atoms with Crippen molar-refractivity contribution in [3.05, 3.63) is 29.3 Å². The molecule has 0 aliphatic rings. The molecule has 1 aromatic rings. The fraction of sp³-hybridized carbons (Fsp3) is 0.417. The maximum absolute atomic E-state index is 10.6. The number of hydrogen-bond acceptors (Lipinski definition) is 3. The molecule has 0 saturated heterocycles. The van der Waals surface area contributed by atoms with E-state index in [-0.39, 0.29) is 6.42 Å². The lowest BCUT2D eigenvalue weighted by atomic mass is 9.96. The number of ether oxygens (including phenoxy) is 1. The van der Waals surface area contributed by atoms with Crippen molar-refractivity contribution in [3.63, 3.8) is 0 Å². The highest BCUT2D eigenvalue weighted by Crippen LogP contribution is 2.27. The molecule has 0 saturated carbocycles. The van der Waals surface area contributed by atoms with E-state index in [4.69, 9.17) is 15.6 Å². The highest BCUT2D eigenvalue weighted by molar-refractivity contribution is 5.68. The van der Waals surface area contributed by atoms with E-state index in [9.17, 15) is 4.79 Å². The lowest BCUT2D eigenvalue weighted by Crippen LogP contribution is -2.17. The van der Waals surface area contributed by atoms with Gasteiger partial charge >= 0.3 is 5.97 Å². The number of carbonyl (C=O) groups is 1. The van der Waals surface area contributed by atoms with Crippen LogP contribution in [-0.4, -0.2) is 18.2 Å². The molecule has 16 heavy (non-hydrogen) atoms. The van der Waals surface area contributed by atoms with Gasteiger partial charge in [0.15, 0.2) is 0 Å². The molecular weight excluding hydrogens is 206 g/mol. The van der Waals surface area contributed by atoms with E-state index in [1.54, 1.807) is 7.11 Å². The summed E-state index contributed by atoms with van der Waals surface area (Å²) in [5, 5.41) is 8.72. The van der Waals surface area contributed by atoms with Crippen LogP contribution in [0.1, 0.15) is 30.5 Å². The summed E-state index contributed by atoms with van der Waals surface area (Å²) in [5.74, 6) is -0.127. The molecule has 0 heterocycles. The van der Waals surface area contributed by atoms with Crippen molar-refractivity contribution in [1.82, 2.24) is 0 Å². The molecule has 0 aromatic heterocycles. The Bertz CT molecular complexity index is 377. The fourth-order valence-corrected chi connectivity index (χ4v) is 1.80. The predicted octanol–water partition coefficient (Wildman–Crippen LogP) is 1.73. The monoisotopic (exact) mass is 223 g/mol. The average Bonchev–Trinajstić information content (AvgIpc) is 2.26. The number of benzene rings is 1. The number of carboxylic acids is 1. The van der Waals surface area contributed by atoms with Gasteiger partial charge in [-0.3, -0.25) is 4.79 Å². The van der Waals surface area contributed by atoms with Crippen LogP contribution in [-0.2, 0) is 11.2 Å². The normalized spacial score (nSPS) is 12.2. The Kier molecular flexibility index (Phi) is 4.31.